The summed E-state index contributed by atoms with van der Waals surface area (Å²) in [4.78, 5) is 37.1. The molecule has 0 saturated carbocycles. The molecule has 108 valence electrons. The number of carbonyl (C=O) groups is 3. The zero-order valence-corrected chi connectivity index (χ0v) is 11.3. The summed E-state index contributed by atoms with van der Waals surface area (Å²) >= 11 is 0. The molecular weight excluding hydrogens is 250 g/mol. The monoisotopic (exact) mass is 271 g/mol. The molecule has 19 heavy (non-hydrogen) atoms. The van der Waals surface area contributed by atoms with Crippen LogP contribution in [0.3, 0.4) is 0 Å². The number of hydrogen-bond donors (Lipinski definition) is 1. The predicted molar refractivity (Wildman–Crippen MR) is 68.3 cm³/mol. The molecule has 1 fully saturated rings. The third kappa shape index (κ3) is 5.69. The normalized spacial score (nSPS) is 15.2. The van der Waals surface area contributed by atoms with E-state index in [1.165, 1.54) is 0 Å². The van der Waals surface area contributed by atoms with Gasteiger partial charge in [-0.3, -0.25) is 14.4 Å². The minimum atomic E-state index is -0.265. The van der Waals surface area contributed by atoms with Gasteiger partial charge in [0.05, 0.1) is 0 Å². The average Bonchev–Trinajstić information content (AvgIpc) is 2.43. The maximum atomic E-state index is 11.8. The number of ether oxygens (including phenoxy) is 1. The Labute approximate surface area is 112 Å². The number of carbonyl (C=O) groups excluding carboxylic acids is 3. The van der Waals surface area contributed by atoms with Crippen molar-refractivity contribution in [3.05, 3.63) is 0 Å². The molecule has 7 heteroatoms. The fourth-order valence-corrected chi connectivity index (χ4v) is 1.83. The molecule has 1 aliphatic rings. The van der Waals surface area contributed by atoms with Gasteiger partial charge in [-0.05, 0) is 6.42 Å². The first-order chi connectivity index (χ1) is 9.17. The summed E-state index contributed by atoms with van der Waals surface area (Å²) in [6.07, 6.45) is 1.38. The van der Waals surface area contributed by atoms with E-state index in [9.17, 15) is 14.4 Å². The number of hydrogen-bond acceptors (Lipinski definition) is 4. The van der Waals surface area contributed by atoms with Gasteiger partial charge in [0.1, 0.15) is 6.42 Å². The zero-order chi connectivity index (χ0) is 14.1. The zero-order valence-electron chi connectivity index (χ0n) is 11.3. The highest BCUT2D eigenvalue weighted by Crippen LogP contribution is 2.02. The van der Waals surface area contributed by atoms with Crippen LogP contribution in [0.1, 0.15) is 12.8 Å². The molecule has 3 amide bonds. The highest BCUT2D eigenvalue weighted by Gasteiger charge is 2.21. The number of nitrogens with zero attached hydrogens (tertiary/aromatic N) is 2. The molecule has 0 radical (unpaired) electrons. The lowest BCUT2D eigenvalue weighted by Gasteiger charge is -2.32. The summed E-state index contributed by atoms with van der Waals surface area (Å²) in [6.45, 7) is 3.15. The van der Waals surface area contributed by atoms with E-state index >= 15 is 0 Å². The standard InChI is InChI=1S/C12H21N3O4/c1-19-8-2-3-13-11(17)9-12(18)15-6-4-14(10-16)5-7-15/h10H,2-9H2,1H3,(H,13,17). The third-order valence-corrected chi connectivity index (χ3v) is 2.98. The third-order valence-electron chi connectivity index (χ3n) is 2.98. The lowest BCUT2D eigenvalue weighted by molar-refractivity contribution is -0.139. The lowest BCUT2D eigenvalue weighted by Crippen LogP contribution is -2.49. The predicted octanol–water partition coefficient (Wildman–Crippen LogP) is -1.17. The molecule has 0 aromatic carbocycles. The summed E-state index contributed by atoms with van der Waals surface area (Å²) in [5.41, 5.74) is 0. The van der Waals surface area contributed by atoms with Crippen LogP contribution >= 0.6 is 0 Å². The number of methoxy groups -OCH3 is 1. The molecule has 1 rings (SSSR count). The van der Waals surface area contributed by atoms with Gasteiger partial charge in [0.2, 0.25) is 18.2 Å². The molecular formula is C12H21N3O4. The first kappa shape index (κ1) is 15.4. The molecule has 0 aromatic heterocycles. The SMILES string of the molecule is COCCCNC(=O)CC(=O)N1CCN(C=O)CC1. The maximum absolute atomic E-state index is 11.8. The Hall–Kier alpha value is -1.63. The second kappa shape index (κ2) is 8.47. The Morgan fingerprint density at radius 3 is 2.53 bits per heavy atom. The second-order valence-electron chi connectivity index (χ2n) is 4.40. The molecule has 0 unspecified atom stereocenters. The van der Waals surface area contributed by atoms with Crippen molar-refractivity contribution < 1.29 is 19.1 Å². The summed E-state index contributed by atoms with van der Waals surface area (Å²) in [7, 11) is 1.60. The number of rotatable bonds is 7. The summed E-state index contributed by atoms with van der Waals surface area (Å²) in [6, 6.07) is 0. The van der Waals surface area contributed by atoms with E-state index in [0.29, 0.717) is 39.3 Å². The summed E-state index contributed by atoms with van der Waals surface area (Å²) in [5, 5.41) is 2.67. The van der Waals surface area contributed by atoms with Gasteiger partial charge in [0, 0.05) is 46.4 Å². The Morgan fingerprint density at radius 2 is 1.95 bits per heavy atom. The maximum Gasteiger partial charge on any atom is 0.232 e. The second-order valence-corrected chi connectivity index (χ2v) is 4.40. The van der Waals surface area contributed by atoms with Crippen LogP contribution in [0.4, 0.5) is 0 Å². The van der Waals surface area contributed by atoms with Gasteiger partial charge < -0.3 is 19.9 Å². The molecule has 0 aliphatic carbocycles. The summed E-state index contributed by atoms with van der Waals surface area (Å²) < 4.78 is 4.86. The van der Waals surface area contributed by atoms with E-state index in [1.54, 1.807) is 16.9 Å². The van der Waals surface area contributed by atoms with Crippen LogP contribution in [0.25, 0.3) is 0 Å². The Balaban J connectivity index is 2.19. The average molecular weight is 271 g/mol. The Morgan fingerprint density at radius 1 is 1.26 bits per heavy atom. The van der Waals surface area contributed by atoms with Gasteiger partial charge in [-0.2, -0.15) is 0 Å². The van der Waals surface area contributed by atoms with E-state index in [4.69, 9.17) is 4.74 Å². The van der Waals surface area contributed by atoms with Crippen molar-refractivity contribution in [3.63, 3.8) is 0 Å². The lowest BCUT2D eigenvalue weighted by atomic mass is 10.2. The van der Waals surface area contributed by atoms with Gasteiger partial charge in [-0.25, -0.2) is 0 Å². The quantitative estimate of drug-likeness (QED) is 0.359. The van der Waals surface area contributed by atoms with Gasteiger partial charge >= 0.3 is 0 Å². The van der Waals surface area contributed by atoms with Crippen LogP contribution in [0.5, 0.6) is 0 Å². The van der Waals surface area contributed by atoms with Gasteiger partial charge in [0.25, 0.3) is 0 Å². The highest BCUT2D eigenvalue weighted by molar-refractivity contribution is 5.96. The van der Waals surface area contributed by atoms with Crippen molar-refractivity contribution >= 4 is 18.2 Å². The van der Waals surface area contributed by atoms with Crippen LogP contribution in [0, 0.1) is 0 Å². The van der Waals surface area contributed by atoms with Crippen molar-refractivity contribution in [1.82, 2.24) is 15.1 Å². The molecule has 1 aliphatic heterocycles. The van der Waals surface area contributed by atoms with E-state index in [-0.39, 0.29) is 18.2 Å². The molecule has 1 N–H and O–H groups in total. The van der Waals surface area contributed by atoms with Crippen LogP contribution in [-0.4, -0.2) is 74.5 Å². The van der Waals surface area contributed by atoms with E-state index in [0.717, 1.165) is 12.8 Å². The van der Waals surface area contributed by atoms with Crippen molar-refractivity contribution in [2.24, 2.45) is 0 Å². The van der Waals surface area contributed by atoms with Crippen molar-refractivity contribution in [1.29, 1.82) is 0 Å². The van der Waals surface area contributed by atoms with Crippen LogP contribution in [0.2, 0.25) is 0 Å². The summed E-state index contributed by atoms with van der Waals surface area (Å²) in [5.74, 6) is -0.450. The molecule has 1 heterocycles. The van der Waals surface area contributed by atoms with Crippen molar-refractivity contribution in [2.75, 3.05) is 46.4 Å². The van der Waals surface area contributed by atoms with Crippen molar-refractivity contribution in [3.8, 4) is 0 Å². The minimum absolute atomic E-state index is 0.131. The Bertz CT molecular complexity index is 314. The van der Waals surface area contributed by atoms with Gasteiger partial charge in [-0.15, -0.1) is 0 Å². The first-order valence-electron chi connectivity index (χ1n) is 6.40. The van der Waals surface area contributed by atoms with E-state index < -0.39 is 0 Å². The number of piperazine rings is 1. The smallest absolute Gasteiger partial charge is 0.232 e. The molecule has 0 atom stereocenters. The molecule has 1 saturated heterocycles. The number of nitrogens with one attached hydrogen (secondary N) is 1. The fraction of sp³-hybridized carbons (Fsp3) is 0.750. The van der Waals surface area contributed by atoms with Crippen LogP contribution in [0.15, 0.2) is 0 Å². The number of amides is 3. The first-order valence-corrected chi connectivity index (χ1v) is 6.40. The van der Waals surface area contributed by atoms with Gasteiger partial charge in [0.15, 0.2) is 0 Å². The fourth-order valence-electron chi connectivity index (χ4n) is 1.83. The minimum Gasteiger partial charge on any atom is -0.385 e. The molecule has 0 bridgehead atoms. The van der Waals surface area contributed by atoms with Gasteiger partial charge in [-0.1, -0.05) is 0 Å². The molecule has 0 spiro atoms. The van der Waals surface area contributed by atoms with Crippen LogP contribution < -0.4 is 5.32 Å². The highest BCUT2D eigenvalue weighted by atomic mass is 16.5. The molecule has 7 nitrogen and oxygen atoms in total. The van der Waals surface area contributed by atoms with Crippen molar-refractivity contribution in [2.45, 2.75) is 12.8 Å². The largest absolute Gasteiger partial charge is 0.385 e. The van der Waals surface area contributed by atoms with Crippen LogP contribution in [-0.2, 0) is 19.1 Å². The van der Waals surface area contributed by atoms with E-state index in [2.05, 4.69) is 5.32 Å². The topological polar surface area (TPSA) is 79.0 Å². The Kier molecular flexibility index (Phi) is 6.88. The van der Waals surface area contributed by atoms with E-state index in [1.807, 2.05) is 0 Å². The molecule has 0 aromatic rings.